The standard InChI is InChI=1S/C13H8ClN3O6S/c14-13-8(15-16-24-13)5-21-12(18)2-1-7-3-10-11(23-6-22-10)4-9(7)17(19)20/h1-4H,5-6H2/b2-1+. The topological polar surface area (TPSA) is 114 Å². The van der Waals surface area contributed by atoms with Gasteiger partial charge in [0.15, 0.2) is 11.5 Å². The van der Waals surface area contributed by atoms with Crippen molar-refractivity contribution in [2.75, 3.05) is 6.79 Å². The van der Waals surface area contributed by atoms with Crippen LogP contribution in [0.3, 0.4) is 0 Å². The normalized spacial score (nSPS) is 12.5. The number of carbonyl (C=O) groups is 1. The van der Waals surface area contributed by atoms with Crippen LogP contribution >= 0.6 is 23.1 Å². The van der Waals surface area contributed by atoms with Gasteiger partial charge in [0.2, 0.25) is 6.79 Å². The molecule has 11 heteroatoms. The molecule has 0 atom stereocenters. The van der Waals surface area contributed by atoms with E-state index in [0.717, 1.165) is 17.6 Å². The van der Waals surface area contributed by atoms with Gasteiger partial charge < -0.3 is 14.2 Å². The molecule has 1 aromatic carbocycles. The number of nitro benzene ring substituents is 1. The number of esters is 1. The van der Waals surface area contributed by atoms with Gasteiger partial charge in [-0.1, -0.05) is 16.1 Å². The fourth-order valence-corrected chi connectivity index (χ4v) is 2.47. The van der Waals surface area contributed by atoms with Gasteiger partial charge in [-0.2, -0.15) is 0 Å². The van der Waals surface area contributed by atoms with E-state index in [2.05, 4.69) is 9.59 Å². The molecular formula is C13H8ClN3O6S. The molecule has 1 aliphatic heterocycles. The van der Waals surface area contributed by atoms with Crippen molar-refractivity contribution in [3.8, 4) is 11.5 Å². The maximum absolute atomic E-state index is 11.7. The lowest BCUT2D eigenvalue weighted by Crippen LogP contribution is -2.01. The number of ether oxygens (including phenoxy) is 3. The van der Waals surface area contributed by atoms with Gasteiger partial charge in [-0.25, -0.2) is 4.79 Å². The predicted octanol–water partition coefficient (Wildman–Crippen LogP) is 2.59. The molecule has 0 saturated heterocycles. The lowest BCUT2D eigenvalue weighted by atomic mass is 10.1. The Balaban J connectivity index is 1.72. The van der Waals surface area contributed by atoms with Crippen LogP contribution in [0.4, 0.5) is 5.69 Å². The third-order valence-electron chi connectivity index (χ3n) is 2.98. The second kappa shape index (κ2) is 6.81. The van der Waals surface area contributed by atoms with E-state index < -0.39 is 10.9 Å². The highest BCUT2D eigenvalue weighted by Gasteiger charge is 2.22. The van der Waals surface area contributed by atoms with Crippen LogP contribution in [0.2, 0.25) is 4.34 Å². The monoisotopic (exact) mass is 369 g/mol. The maximum Gasteiger partial charge on any atom is 0.331 e. The summed E-state index contributed by atoms with van der Waals surface area (Å²) in [5.74, 6) is -0.0490. The number of carbonyl (C=O) groups excluding carboxylic acids is 1. The number of hydrogen-bond acceptors (Lipinski definition) is 9. The highest BCUT2D eigenvalue weighted by molar-refractivity contribution is 7.10. The van der Waals surface area contributed by atoms with Gasteiger partial charge in [-0.05, 0) is 12.1 Å². The van der Waals surface area contributed by atoms with E-state index in [1.165, 1.54) is 18.2 Å². The van der Waals surface area contributed by atoms with Crippen LogP contribution in [0, 0.1) is 10.1 Å². The Labute approximate surface area is 143 Å². The summed E-state index contributed by atoms with van der Waals surface area (Å²) in [6.45, 7) is -0.147. The summed E-state index contributed by atoms with van der Waals surface area (Å²) in [6.07, 6.45) is 2.33. The first-order valence-electron chi connectivity index (χ1n) is 6.44. The summed E-state index contributed by atoms with van der Waals surface area (Å²) in [5, 5.41) is 14.8. The molecule has 1 aromatic heterocycles. The molecule has 0 N–H and O–H groups in total. The fraction of sp³-hybridized carbons (Fsp3) is 0.154. The number of halogens is 1. The van der Waals surface area contributed by atoms with Crippen LogP contribution in [0.25, 0.3) is 6.08 Å². The summed E-state index contributed by atoms with van der Waals surface area (Å²) >= 11 is 6.77. The van der Waals surface area contributed by atoms with Crippen molar-refractivity contribution in [1.82, 2.24) is 9.59 Å². The zero-order valence-corrected chi connectivity index (χ0v) is 13.4. The largest absolute Gasteiger partial charge is 0.456 e. The number of hydrogen-bond donors (Lipinski definition) is 0. The van der Waals surface area contributed by atoms with Crippen LogP contribution in [-0.2, 0) is 16.1 Å². The minimum atomic E-state index is -0.703. The first kappa shape index (κ1) is 16.1. The third kappa shape index (κ3) is 3.44. The average molecular weight is 370 g/mol. The van der Waals surface area contributed by atoms with Gasteiger partial charge >= 0.3 is 5.97 Å². The molecule has 24 heavy (non-hydrogen) atoms. The molecule has 0 amide bonds. The fourth-order valence-electron chi connectivity index (χ4n) is 1.87. The van der Waals surface area contributed by atoms with Gasteiger partial charge in [0.1, 0.15) is 16.6 Å². The van der Waals surface area contributed by atoms with E-state index in [9.17, 15) is 14.9 Å². The Morgan fingerprint density at radius 3 is 2.88 bits per heavy atom. The zero-order valence-electron chi connectivity index (χ0n) is 11.8. The van der Waals surface area contributed by atoms with Gasteiger partial charge in [0.05, 0.1) is 16.6 Å². The smallest absolute Gasteiger partial charge is 0.331 e. The van der Waals surface area contributed by atoms with Crippen molar-refractivity contribution >= 4 is 40.9 Å². The Kier molecular flexibility index (Phi) is 4.58. The van der Waals surface area contributed by atoms with E-state index in [1.54, 1.807) is 0 Å². The minimum Gasteiger partial charge on any atom is -0.456 e. The van der Waals surface area contributed by atoms with Crippen molar-refractivity contribution in [3.05, 3.63) is 43.9 Å². The van der Waals surface area contributed by atoms with Gasteiger partial charge in [-0.3, -0.25) is 10.1 Å². The summed E-state index contributed by atoms with van der Waals surface area (Å²) < 4.78 is 19.1. The van der Waals surface area contributed by atoms with Crippen molar-refractivity contribution in [2.24, 2.45) is 0 Å². The van der Waals surface area contributed by atoms with Crippen LogP contribution < -0.4 is 9.47 Å². The molecule has 2 aromatic rings. The van der Waals surface area contributed by atoms with Crippen molar-refractivity contribution in [3.63, 3.8) is 0 Å². The lowest BCUT2D eigenvalue weighted by molar-refractivity contribution is -0.385. The molecule has 2 heterocycles. The summed E-state index contributed by atoms with van der Waals surface area (Å²) in [6, 6.07) is 2.67. The van der Waals surface area contributed by atoms with Crippen LogP contribution in [0.15, 0.2) is 18.2 Å². The van der Waals surface area contributed by atoms with Gasteiger partial charge in [-0.15, -0.1) is 5.10 Å². The highest BCUT2D eigenvalue weighted by atomic mass is 35.5. The molecule has 0 bridgehead atoms. The highest BCUT2D eigenvalue weighted by Crippen LogP contribution is 2.38. The van der Waals surface area contributed by atoms with Crippen LogP contribution in [0.1, 0.15) is 11.3 Å². The summed E-state index contributed by atoms with van der Waals surface area (Å²) in [4.78, 5) is 22.3. The SMILES string of the molecule is O=C(/C=C/c1cc2c(cc1[N+](=O)[O-])OCO2)OCc1nnsc1Cl. The second-order valence-electron chi connectivity index (χ2n) is 4.46. The predicted molar refractivity (Wildman–Crippen MR) is 83.0 cm³/mol. The van der Waals surface area contributed by atoms with Crippen molar-refractivity contribution in [2.45, 2.75) is 6.61 Å². The lowest BCUT2D eigenvalue weighted by Gasteiger charge is -2.01. The zero-order chi connectivity index (χ0) is 17.1. The van der Waals surface area contributed by atoms with Crippen LogP contribution in [0.5, 0.6) is 11.5 Å². The number of benzene rings is 1. The molecule has 0 spiro atoms. The summed E-state index contributed by atoms with van der Waals surface area (Å²) in [5.41, 5.74) is 0.321. The number of fused-ring (bicyclic) bond motifs is 1. The minimum absolute atomic E-state index is 0.00979. The van der Waals surface area contributed by atoms with E-state index in [4.69, 9.17) is 25.8 Å². The maximum atomic E-state index is 11.7. The molecule has 0 radical (unpaired) electrons. The quantitative estimate of drug-likeness (QED) is 0.342. The van der Waals surface area contributed by atoms with E-state index >= 15 is 0 Å². The number of nitro groups is 1. The first-order chi connectivity index (χ1) is 11.5. The number of aromatic nitrogens is 2. The van der Waals surface area contributed by atoms with Crippen LogP contribution in [-0.4, -0.2) is 27.3 Å². The van der Waals surface area contributed by atoms with E-state index in [-0.39, 0.29) is 30.4 Å². The molecule has 124 valence electrons. The Morgan fingerprint density at radius 2 is 2.21 bits per heavy atom. The molecule has 3 rings (SSSR count). The average Bonchev–Trinajstić information content (AvgIpc) is 3.17. The van der Waals surface area contributed by atoms with E-state index in [1.807, 2.05) is 0 Å². The number of rotatable bonds is 5. The Hall–Kier alpha value is -2.72. The van der Waals surface area contributed by atoms with E-state index in [0.29, 0.717) is 15.8 Å². The van der Waals surface area contributed by atoms with Crippen molar-refractivity contribution in [1.29, 1.82) is 0 Å². The second-order valence-corrected chi connectivity index (χ2v) is 5.81. The molecular weight excluding hydrogens is 362 g/mol. The van der Waals surface area contributed by atoms with Gasteiger partial charge in [0.25, 0.3) is 5.69 Å². The third-order valence-corrected chi connectivity index (χ3v) is 3.96. The molecule has 0 fully saturated rings. The molecule has 0 aliphatic carbocycles. The molecule has 0 unspecified atom stereocenters. The first-order valence-corrected chi connectivity index (χ1v) is 7.59. The van der Waals surface area contributed by atoms with Gasteiger partial charge in [0, 0.05) is 17.6 Å². The Bertz CT molecular complexity index is 837. The number of nitrogens with zero attached hydrogens (tertiary/aromatic N) is 3. The summed E-state index contributed by atoms with van der Waals surface area (Å²) in [7, 11) is 0. The molecule has 1 aliphatic rings. The molecule has 9 nitrogen and oxygen atoms in total. The molecule has 0 saturated carbocycles. The Morgan fingerprint density at radius 1 is 1.46 bits per heavy atom. The van der Waals surface area contributed by atoms with Crippen molar-refractivity contribution < 1.29 is 23.9 Å².